The van der Waals surface area contributed by atoms with Gasteiger partial charge in [-0.3, -0.25) is 24.2 Å². The van der Waals surface area contributed by atoms with Crippen molar-refractivity contribution >= 4 is 40.5 Å². The highest BCUT2D eigenvalue weighted by molar-refractivity contribution is 6.17. The summed E-state index contributed by atoms with van der Waals surface area (Å²) >= 11 is 0. The molecule has 5 amide bonds. The second-order valence-corrected chi connectivity index (χ2v) is 11.1. The van der Waals surface area contributed by atoms with Gasteiger partial charge in [0.25, 0.3) is 5.91 Å². The lowest BCUT2D eigenvalue weighted by atomic mass is 9.85. The van der Waals surface area contributed by atoms with E-state index in [2.05, 4.69) is 10.3 Å². The third kappa shape index (κ3) is 4.92. The fraction of sp³-hybridized carbons (Fsp3) is 0.464. The first-order valence-electron chi connectivity index (χ1n) is 13.4. The maximum Gasteiger partial charge on any atom is 0.412 e. The third-order valence-electron chi connectivity index (χ3n) is 8.20. The molecule has 2 saturated heterocycles. The SMILES string of the molecule is CC(C)C(NC(=O)C1CC(C(F)(F)F)=CC=C1F)C(=O)N1CCC2(CC1)C(=O)N(C)C(=O)N2c1ccc2ocnc2c1. The van der Waals surface area contributed by atoms with Crippen molar-refractivity contribution in [2.75, 3.05) is 25.0 Å². The number of likely N-dealkylation sites (N-methyl/N-ethyl adjacent to an activating group) is 1. The van der Waals surface area contributed by atoms with E-state index in [-0.39, 0.29) is 25.9 Å². The predicted octanol–water partition coefficient (Wildman–Crippen LogP) is 4.09. The maximum atomic E-state index is 14.4. The number of anilines is 1. The molecule has 14 heteroatoms. The highest BCUT2D eigenvalue weighted by Gasteiger charge is 2.58. The molecule has 1 spiro atoms. The molecule has 5 rings (SSSR count). The van der Waals surface area contributed by atoms with Crippen LogP contribution in [0.15, 0.2) is 52.6 Å². The number of carbonyl (C=O) groups excluding carboxylic acids is 4. The summed E-state index contributed by atoms with van der Waals surface area (Å²) in [6, 6.07) is 3.28. The van der Waals surface area contributed by atoms with Gasteiger partial charge in [0.2, 0.25) is 11.8 Å². The van der Waals surface area contributed by atoms with Crippen LogP contribution in [0.5, 0.6) is 0 Å². The number of allylic oxidation sites excluding steroid dienone is 3. The van der Waals surface area contributed by atoms with Gasteiger partial charge < -0.3 is 14.6 Å². The van der Waals surface area contributed by atoms with E-state index in [0.29, 0.717) is 28.9 Å². The van der Waals surface area contributed by atoms with Crippen LogP contribution in [0.4, 0.5) is 28.0 Å². The lowest BCUT2D eigenvalue weighted by Crippen LogP contribution is -2.60. The number of amides is 5. The molecule has 2 aromatic rings. The van der Waals surface area contributed by atoms with Crippen molar-refractivity contribution in [3.05, 3.63) is 48.1 Å². The topological polar surface area (TPSA) is 116 Å². The molecule has 0 radical (unpaired) electrons. The van der Waals surface area contributed by atoms with Crippen LogP contribution < -0.4 is 10.2 Å². The number of hydrogen-bond donors (Lipinski definition) is 1. The smallest absolute Gasteiger partial charge is 0.412 e. The number of likely N-dealkylation sites (tertiary alicyclic amines) is 1. The van der Waals surface area contributed by atoms with Crippen molar-refractivity contribution < 1.29 is 41.2 Å². The number of fused-ring (bicyclic) bond motifs is 1. The van der Waals surface area contributed by atoms with E-state index in [0.717, 1.165) is 4.90 Å². The van der Waals surface area contributed by atoms with E-state index in [1.165, 1.54) is 23.2 Å². The zero-order valence-corrected chi connectivity index (χ0v) is 23.1. The van der Waals surface area contributed by atoms with Crippen LogP contribution in [0.1, 0.15) is 33.1 Å². The van der Waals surface area contributed by atoms with Crippen molar-refractivity contribution in [1.29, 1.82) is 0 Å². The quantitative estimate of drug-likeness (QED) is 0.414. The normalized spacial score (nSPS) is 21.7. The minimum atomic E-state index is -4.71. The molecule has 224 valence electrons. The summed E-state index contributed by atoms with van der Waals surface area (Å²) in [7, 11) is 1.39. The summed E-state index contributed by atoms with van der Waals surface area (Å²) in [6.45, 7) is 3.43. The monoisotopic (exact) mass is 591 g/mol. The van der Waals surface area contributed by atoms with Crippen molar-refractivity contribution in [1.82, 2.24) is 20.1 Å². The Bertz CT molecular complexity index is 1510. The number of halogens is 4. The Morgan fingerprint density at radius 1 is 1.14 bits per heavy atom. The molecular formula is C28H29F4N5O5. The molecule has 1 aromatic heterocycles. The Hall–Kier alpha value is -4.23. The molecule has 42 heavy (non-hydrogen) atoms. The van der Waals surface area contributed by atoms with Crippen LogP contribution in [-0.4, -0.2) is 76.4 Å². The van der Waals surface area contributed by atoms with E-state index in [1.54, 1.807) is 32.0 Å². The number of carbonyl (C=O) groups is 4. The Morgan fingerprint density at radius 3 is 2.48 bits per heavy atom. The molecule has 3 heterocycles. The van der Waals surface area contributed by atoms with Gasteiger partial charge in [0.1, 0.15) is 22.9 Å². The summed E-state index contributed by atoms with van der Waals surface area (Å²) in [6.07, 6.45) is -2.89. The molecule has 0 saturated carbocycles. The van der Waals surface area contributed by atoms with E-state index >= 15 is 0 Å². The van der Waals surface area contributed by atoms with Gasteiger partial charge in [0, 0.05) is 31.4 Å². The Morgan fingerprint density at radius 2 is 1.83 bits per heavy atom. The number of urea groups is 1. The minimum absolute atomic E-state index is 0.0616. The van der Waals surface area contributed by atoms with Crippen molar-refractivity contribution in [2.45, 2.75) is 50.9 Å². The second-order valence-electron chi connectivity index (χ2n) is 11.1. The van der Waals surface area contributed by atoms with Crippen molar-refractivity contribution in [3.8, 4) is 0 Å². The highest BCUT2D eigenvalue weighted by atomic mass is 19.4. The average molecular weight is 592 g/mol. The molecule has 10 nitrogen and oxygen atoms in total. The number of nitrogens with zero attached hydrogens (tertiary/aromatic N) is 4. The zero-order chi connectivity index (χ0) is 30.6. The number of piperidine rings is 1. The Labute approximate surface area is 238 Å². The number of benzene rings is 1. The number of nitrogens with one attached hydrogen (secondary N) is 1. The van der Waals surface area contributed by atoms with Gasteiger partial charge in [0.15, 0.2) is 12.0 Å². The van der Waals surface area contributed by atoms with Crippen LogP contribution in [0.3, 0.4) is 0 Å². The fourth-order valence-corrected chi connectivity index (χ4v) is 5.78. The number of alkyl halides is 3. The van der Waals surface area contributed by atoms with Gasteiger partial charge in [-0.2, -0.15) is 13.2 Å². The molecule has 1 aliphatic carbocycles. The molecule has 0 bridgehead atoms. The number of hydrogen-bond acceptors (Lipinski definition) is 6. The first-order chi connectivity index (χ1) is 19.7. The van der Waals surface area contributed by atoms with Crippen molar-refractivity contribution in [3.63, 3.8) is 0 Å². The molecule has 1 N–H and O–H groups in total. The average Bonchev–Trinajstić information content (AvgIpc) is 3.48. The molecule has 2 unspecified atom stereocenters. The molecular weight excluding hydrogens is 562 g/mol. The van der Waals surface area contributed by atoms with E-state index < -0.39 is 71.2 Å². The summed E-state index contributed by atoms with van der Waals surface area (Å²) < 4.78 is 59.2. The van der Waals surface area contributed by atoms with Crippen LogP contribution in [0.25, 0.3) is 11.1 Å². The van der Waals surface area contributed by atoms with Gasteiger partial charge in [-0.05, 0) is 49.5 Å². The Balaban J connectivity index is 1.32. The predicted molar refractivity (Wildman–Crippen MR) is 141 cm³/mol. The molecule has 3 aliphatic rings. The zero-order valence-electron chi connectivity index (χ0n) is 23.1. The number of aromatic nitrogens is 1. The van der Waals surface area contributed by atoms with Crippen LogP contribution in [-0.2, 0) is 14.4 Å². The van der Waals surface area contributed by atoms with Gasteiger partial charge in [-0.15, -0.1) is 0 Å². The number of oxazole rings is 1. The molecule has 1 aromatic carbocycles. The Kier molecular flexibility index (Phi) is 7.35. The van der Waals surface area contributed by atoms with Gasteiger partial charge in [-0.25, -0.2) is 14.2 Å². The maximum absolute atomic E-state index is 14.4. The van der Waals surface area contributed by atoms with Gasteiger partial charge in [0.05, 0.1) is 5.92 Å². The lowest BCUT2D eigenvalue weighted by Gasteiger charge is -2.43. The lowest BCUT2D eigenvalue weighted by molar-refractivity contribution is -0.142. The summed E-state index contributed by atoms with van der Waals surface area (Å²) in [5, 5.41) is 2.46. The largest absolute Gasteiger partial charge is 0.443 e. The molecule has 2 fully saturated rings. The van der Waals surface area contributed by atoms with Gasteiger partial charge >= 0.3 is 12.2 Å². The third-order valence-corrected chi connectivity index (χ3v) is 8.20. The highest BCUT2D eigenvalue weighted by Crippen LogP contribution is 2.41. The van der Waals surface area contributed by atoms with Crippen LogP contribution in [0, 0.1) is 11.8 Å². The first-order valence-corrected chi connectivity index (χ1v) is 13.4. The minimum Gasteiger partial charge on any atom is -0.443 e. The fourth-order valence-electron chi connectivity index (χ4n) is 5.78. The van der Waals surface area contributed by atoms with E-state index in [1.807, 2.05) is 0 Å². The molecule has 2 atom stereocenters. The first kappa shape index (κ1) is 29.3. The van der Waals surface area contributed by atoms with Crippen LogP contribution >= 0.6 is 0 Å². The second kappa shape index (κ2) is 10.6. The van der Waals surface area contributed by atoms with Gasteiger partial charge in [-0.1, -0.05) is 19.9 Å². The standard InChI is InChI=1S/C28H29F4N5O5/c1-15(2)22(34-23(38)18-12-16(28(30,31)32)4-6-19(18)29)24(39)36-10-8-27(9-11-36)25(40)35(3)26(41)37(27)17-5-7-21-20(13-17)33-14-42-21/h4-7,13-15,18,22H,8-12H2,1-3H3,(H,34,38). The summed E-state index contributed by atoms with van der Waals surface area (Å²) in [5.74, 6) is -5.16. The van der Waals surface area contributed by atoms with E-state index in [4.69, 9.17) is 4.42 Å². The van der Waals surface area contributed by atoms with E-state index in [9.17, 15) is 36.7 Å². The van der Waals surface area contributed by atoms with Crippen LogP contribution in [0.2, 0.25) is 0 Å². The molecule has 2 aliphatic heterocycles. The number of rotatable bonds is 5. The number of imide groups is 1. The summed E-state index contributed by atoms with van der Waals surface area (Å²) in [4.78, 5) is 61.1. The van der Waals surface area contributed by atoms with Crippen molar-refractivity contribution in [2.24, 2.45) is 11.8 Å². The summed E-state index contributed by atoms with van der Waals surface area (Å²) in [5.41, 5.74) is -0.836.